The SMILES string of the molecule is Cc1ccc([N+](=O)[O-])cc1S(=O)(=O)N1CCCC1c1cccn1C. The first-order chi connectivity index (χ1) is 11.3. The molecule has 7 nitrogen and oxygen atoms in total. The van der Waals surface area contributed by atoms with Gasteiger partial charge in [0.1, 0.15) is 0 Å². The number of sulfonamides is 1. The summed E-state index contributed by atoms with van der Waals surface area (Å²) in [7, 11) is -1.92. The summed E-state index contributed by atoms with van der Waals surface area (Å²) < 4.78 is 29.7. The molecule has 3 rings (SSSR count). The van der Waals surface area contributed by atoms with E-state index in [1.807, 2.05) is 29.9 Å². The average Bonchev–Trinajstić information content (AvgIpc) is 3.15. The minimum atomic E-state index is -3.80. The van der Waals surface area contributed by atoms with Gasteiger partial charge >= 0.3 is 0 Å². The normalized spacial score (nSPS) is 18.8. The Morgan fingerprint density at radius 1 is 1.29 bits per heavy atom. The molecule has 1 aromatic carbocycles. The maximum atomic E-state index is 13.1. The molecule has 0 amide bonds. The lowest BCUT2D eigenvalue weighted by Crippen LogP contribution is -2.32. The van der Waals surface area contributed by atoms with Crippen LogP contribution in [0.5, 0.6) is 0 Å². The van der Waals surface area contributed by atoms with E-state index in [0.29, 0.717) is 12.1 Å². The van der Waals surface area contributed by atoms with Crippen molar-refractivity contribution in [2.24, 2.45) is 7.05 Å². The van der Waals surface area contributed by atoms with E-state index in [9.17, 15) is 18.5 Å². The molecule has 0 bridgehead atoms. The molecule has 128 valence electrons. The molecule has 0 spiro atoms. The second-order valence-electron chi connectivity index (χ2n) is 6.02. The molecular weight excluding hydrogens is 330 g/mol. The van der Waals surface area contributed by atoms with Crippen LogP contribution in [0, 0.1) is 17.0 Å². The topological polar surface area (TPSA) is 85.4 Å². The van der Waals surface area contributed by atoms with Gasteiger partial charge in [-0.05, 0) is 37.5 Å². The number of nitro groups is 1. The van der Waals surface area contributed by atoms with E-state index < -0.39 is 14.9 Å². The number of nitro benzene ring substituents is 1. The van der Waals surface area contributed by atoms with Crippen LogP contribution >= 0.6 is 0 Å². The van der Waals surface area contributed by atoms with Gasteiger partial charge in [-0.1, -0.05) is 6.07 Å². The minimum absolute atomic E-state index is 0.0119. The van der Waals surface area contributed by atoms with E-state index >= 15 is 0 Å². The highest BCUT2D eigenvalue weighted by atomic mass is 32.2. The molecule has 1 aliphatic rings. The first kappa shape index (κ1) is 16.7. The van der Waals surface area contributed by atoms with E-state index in [1.165, 1.54) is 16.4 Å². The summed E-state index contributed by atoms with van der Waals surface area (Å²) in [5.74, 6) is 0. The summed E-state index contributed by atoms with van der Waals surface area (Å²) in [6.07, 6.45) is 3.39. The maximum absolute atomic E-state index is 13.1. The van der Waals surface area contributed by atoms with Crippen molar-refractivity contribution in [3.63, 3.8) is 0 Å². The average molecular weight is 349 g/mol. The molecule has 1 atom stereocenters. The molecule has 1 unspecified atom stereocenters. The van der Waals surface area contributed by atoms with Crippen molar-refractivity contribution in [3.05, 3.63) is 57.9 Å². The van der Waals surface area contributed by atoms with Gasteiger partial charge in [0, 0.05) is 37.6 Å². The molecule has 8 heteroatoms. The molecule has 0 saturated carbocycles. The second kappa shape index (κ2) is 6.03. The molecule has 0 radical (unpaired) electrons. The van der Waals surface area contributed by atoms with Crippen LogP contribution in [0.2, 0.25) is 0 Å². The van der Waals surface area contributed by atoms with Gasteiger partial charge in [-0.15, -0.1) is 0 Å². The number of aryl methyl sites for hydroxylation is 2. The molecule has 0 N–H and O–H groups in total. The number of rotatable bonds is 4. The Morgan fingerprint density at radius 3 is 2.67 bits per heavy atom. The van der Waals surface area contributed by atoms with Crippen LogP contribution in [-0.4, -0.2) is 28.8 Å². The van der Waals surface area contributed by atoms with Gasteiger partial charge in [-0.2, -0.15) is 4.31 Å². The summed E-state index contributed by atoms with van der Waals surface area (Å²) in [5.41, 5.74) is 1.23. The number of aromatic nitrogens is 1. The molecule has 24 heavy (non-hydrogen) atoms. The van der Waals surface area contributed by atoms with Crippen molar-refractivity contribution >= 4 is 15.7 Å². The summed E-state index contributed by atoms with van der Waals surface area (Å²) in [4.78, 5) is 10.4. The van der Waals surface area contributed by atoms with Gasteiger partial charge in [-0.25, -0.2) is 8.42 Å². The van der Waals surface area contributed by atoms with Crippen molar-refractivity contribution in [1.82, 2.24) is 8.87 Å². The third-order valence-electron chi connectivity index (χ3n) is 4.50. The number of nitrogens with zero attached hydrogens (tertiary/aromatic N) is 3. The number of benzene rings is 1. The van der Waals surface area contributed by atoms with Gasteiger partial charge < -0.3 is 4.57 Å². The Labute approximate surface area is 140 Å². The van der Waals surface area contributed by atoms with Crippen LogP contribution in [-0.2, 0) is 17.1 Å². The lowest BCUT2D eigenvalue weighted by Gasteiger charge is -2.25. The van der Waals surface area contributed by atoms with E-state index in [4.69, 9.17) is 0 Å². The van der Waals surface area contributed by atoms with Gasteiger partial charge in [0.05, 0.1) is 15.9 Å². The van der Waals surface area contributed by atoms with Crippen molar-refractivity contribution < 1.29 is 13.3 Å². The Hall–Kier alpha value is -2.19. The summed E-state index contributed by atoms with van der Waals surface area (Å²) in [6, 6.07) is 7.53. The predicted molar refractivity (Wildman–Crippen MR) is 89.1 cm³/mol. The number of hydrogen-bond acceptors (Lipinski definition) is 4. The fraction of sp³-hybridized carbons (Fsp3) is 0.375. The minimum Gasteiger partial charge on any atom is -0.353 e. The Bertz CT molecular complexity index is 888. The maximum Gasteiger partial charge on any atom is 0.270 e. The third kappa shape index (κ3) is 2.71. The quantitative estimate of drug-likeness (QED) is 0.627. The molecule has 1 aromatic heterocycles. The smallest absolute Gasteiger partial charge is 0.270 e. The van der Waals surface area contributed by atoms with E-state index in [1.54, 1.807) is 6.92 Å². The zero-order valence-corrected chi connectivity index (χ0v) is 14.4. The van der Waals surface area contributed by atoms with Gasteiger partial charge in [0.25, 0.3) is 5.69 Å². The first-order valence-corrected chi connectivity index (χ1v) is 9.14. The van der Waals surface area contributed by atoms with Crippen LogP contribution in [0.3, 0.4) is 0 Å². The van der Waals surface area contributed by atoms with Gasteiger partial charge in [0.15, 0.2) is 0 Å². The van der Waals surface area contributed by atoms with Crippen molar-refractivity contribution in [3.8, 4) is 0 Å². The van der Waals surface area contributed by atoms with Crippen LogP contribution in [0.25, 0.3) is 0 Å². The Balaban J connectivity index is 2.06. The van der Waals surface area contributed by atoms with Crippen molar-refractivity contribution in [2.45, 2.75) is 30.7 Å². The molecule has 1 fully saturated rings. The fourth-order valence-electron chi connectivity index (χ4n) is 3.25. The van der Waals surface area contributed by atoms with Crippen LogP contribution in [0.4, 0.5) is 5.69 Å². The Kier molecular flexibility index (Phi) is 4.18. The molecule has 2 aromatic rings. The first-order valence-electron chi connectivity index (χ1n) is 7.70. The summed E-state index contributed by atoms with van der Waals surface area (Å²) in [6.45, 7) is 2.07. The lowest BCUT2D eigenvalue weighted by atomic mass is 10.1. The van der Waals surface area contributed by atoms with Crippen LogP contribution in [0.15, 0.2) is 41.4 Å². The van der Waals surface area contributed by atoms with Crippen LogP contribution in [0.1, 0.15) is 30.1 Å². The largest absolute Gasteiger partial charge is 0.353 e. The van der Waals surface area contributed by atoms with Crippen molar-refractivity contribution in [1.29, 1.82) is 0 Å². The third-order valence-corrected chi connectivity index (χ3v) is 6.55. The molecule has 1 saturated heterocycles. The molecule has 1 aliphatic heterocycles. The number of non-ortho nitro benzene ring substituents is 1. The Morgan fingerprint density at radius 2 is 2.04 bits per heavy atom. The second-order valence-corrected chi connectivity index (χ2v) is 7.88. The monoisotopic (exact) mass is 349 g/mol. The van der Waals surface area contributed by atoms with Crippen LogP contribution < -0.4 is 0 Å². The molecular formula is C16H19N3O4S. The highest BCUT2D eigenvalue weighted by Crippen LogP contribution is 2.37. The summed E-state index contributed by atoms with van der Waals surface area (Å²) in [5, 5.41) is 11.0. The van der Waals surface area contributed by atoms with E-state index in [2.05, 4.69) is 0 Å². The zero-order chi connectivity index (χ0) is 17.5. The van der Waals surface area contributed by atoms with E-state index in [-0.39, 0.29) is 16.6 Å². The highest BCUT2D eigenvalue weighted by Gasteiger charge is 2.38. The standard InChI is InChI=1S/C16H19N3O4S/c1-12-7-8-13(19(20)21)11-16(12)24(22,23)18-10-4-6-15(18)14-5-3-9-17(14)2/h3,5,7-9,11,15H,4,6,10H2,1-2H3. The summed E-state index contributed by atoms with van der Waals surface area (Å²) >= 11 is 0. The predicted octanol–water partition coefficient (Wildman–Crippen LogP) is 2.77. The van der Waals surface area contributed by atoms with Gasteiger partial charge in [-0.3, -0.25) is 10.1 Å². The lowest BCUT2D eigenvalue weighted by molar-refractivity contribution is -0.385. The number of hydrogen-bond donors (Lipinski definition) is 0. The van der Waals surface area contributed by atoms with Crippen molar-refractivity contribution in [2.75, 3.05) is 6.54 Å². The fourth-order valence-corrected chi connectivity index (χ4v) is 5.17. The van der Waals surface area contributed by atoms with E-state index in [0.717, 1.165) is 24.6 Å². The highest BCUT2D eigenvalue weighted by molar-refractivity contribution is 7.89. The molecule has 2 heterocycles. The van der Waals surface area contributed by atoms with Gasteiger partial charge in [0.2, 0.25) is 10.0 Å². The molecule has 0 aliphatic carbocycles. The zero-order valence-electron chi connectivity index (χ0n) is 13.5.